The van der Waals surface area contributed by atoms with Crippen molar-refractivity contribution in [2.24, 2.45) is 7.05 Å². The number of nitrogens with one attached hydrogen (secondary N) is 1. The van der Waals surface area contributed by atoms with Crippen LogP contribution in [0, 0.1) is 0 Å². The molecule has 0 saturated carbocycles. The van der Waals surface area contributed by atoms with Crippen molar-refractivity contribution in [3.05, 3.63) is 36.2 Å². The zero-order chi connectivity index (χ0) is 18.1. The molecule has 1 aliphatic heterocycles. The van der Waals surface area contributed by atoms with Crippen molar-refractivity contribution < 1.29 is 9.53 Å². The van der Waals surface area contributed by atoms with Crippen molar-refractivity contribution in [2.45, 2.75) is 12.8 Å². The molecule has 0 radical (unpaired) electrons. The van der Waals surface area contributed by atoms with E-state index in [0.29, 0.717) is 22.8 Å². The number of hydrogen-bond donors (Lipinski definition) is 1. The molecule has 2 aromatic heterocycles. The first kappa shape index (κ1) is 16.3. The summed E-state index contributed by atoms with van der Waals surface area (Å²) in [6.07, 6.45) is 3.81. The molecule has 1 aromatic carbocycles. The molecule has 3 heterocycles. The number of carbonyl (C=O) groups excluding carboxylic acids is 1. The Morgan fingerprint density at radius 2 is 2.00 bits per heavy atom. The number of carbonyl (C=O) groups is 1. The minimum absolute atomic E-state index is 0.234. The topological polar surface area (TPSA) is 85.2 Å². The predicted molar refractivity (Wildman–Crippen MR) is 98.7 cm³/mol. The molecule has 8 heteroatoms. The Balaban J connectivity index is 1.56. The van der Waals surface area contributed by atoms with E-state index in [1.807, 2.05) is 12.1 Å². The molecule has 0 spiro atoms. The second-order valence-electron chi connectivity index (χ2n) is 6.27. The lowest BCUT2D eigenvalue weighted by Crippen LogP contribution is -2.20. The van der Waals surface area contributed by atoms with Gasteiger partial charge in [0.2, 0.25) is 5.88 Å². The van der Waals surface area contributed by atoms with Gasteiger partial charge in [-0.3, -0.25) is 4.79 Å². The fourth-order valence-electron chi connectivity index (χ4n) is 3.28. The quantitative estimate of drug-likeness (QED) is 0.775. The molecule has 8 nitrogen and oxygen atoms in total. The van der Waals surface area contributed by atoms with Crippen LogP contribution < -0.4 is 15.0 Å². The Labute approximate surface area is 150 Å². The van der Waals surface area contributed by atoms with Gasteiger partial charge in [-0.15, -0.1) is 0 Å². The van der Waals surface area contributed by atoms with Crippen LogP contribution in [0.25, 0.3) is 10.9 Å². The first-order valence-corrected chi connectivity index (χ1v) is 8.55. The molecule has 3 aromatic rings. The molecule has 26 heavy (non-hydrogen) atoms. The number of aromatic nitrogens is 4. The van der Waals surface area contributed by atoms with Crippen LogP contribution >= 0.6 is 0 Å². The van der Waals surface area contributed by atoms with Crippen molar-refractivity contribution >= 4 is 28.4 Å². The first-order valence-electron chi connectivity index (χ1n) is 8.55. The van der Waals surface area contributed by atoms with Crippen LogP contribution in [0.3, 0.4) is 0 Å². The highest BCUT2D eigenvalue weighted by molar-refractivity contribution is 6.06. The number of ether oxygens (including phenoxy) is 1. The molecular formula is C18H20N6O2. The molecule has 0 bridgehead atoms. The Morgan fingerprint density at radius 1 is 1.19 bits per heavy atom. The number of benzene rings is 1. The Bertz CT molecular complexity index is 961. The summed E-state index contributed by atoms with van der Waals surface area (Å²) in [6.45, 7) is 1.98. The lowest BCUT2D eigenvalue weighted by atomic mass is 10.1. The number of methoxy groups -OCH3 is 1. The summed E-state index contributed by atoms with van der Waals surface area (Å²) >= 11 is 0. The zero-order valence-corrected chi connectivity index (χ0v) is 14.8. The van der Waals surface area contributed by atoms with E-state index in [1.165, 1.54) is 19.2 Å². The molecular weight excluding hydrogens is 332 g/mol. The molecule has 0 aliphatic carbocycles. The maximum atomic E-state index is 12.6. The largest absolute Gasteiger partial charge is 0.481 e. The summed E-state index contributed by atoms with van der Waals surface area (Å²) in [5, 5.41) is 8.09. The number of amides is 1. The van der Waals surface area contributed by atoms with Gasteiger partial charge in [-0.05, 0) is 31.0 Å². The van der Waals surface area contributed by atoms with Gasteiger partial charge in [-0.1, -0.05) is 0 Å². The SMILES string of the molecule is COc1c2ccc(C(=O)Nc3cc(N4CCCC4)ncn3)cc2nn1C. The van der Waals surface area contributed by atoms with Crippen LogP contribution in [0.2, 0.25) is 0 Å². The number of fused-ring (bicyclic) bond motifs is 1. The highest BCUT2D eigenvalue weighted by atomic mass is 16.5. The first-order chi connectivity index (χ1) is 12.7. The number of rotatable bonds is 4. The second kappa shape index (κ2) is 6.62. The molecule has 4 rings (SSSR count). The number of anilines is 2. The summed E-state index contributed by atoms with van der Waals surface area (Å²) < 4.78 is 6.99. The van der Waals surface area contributed by atoms with E-state index in [-0.39, 0.29) is 5.91 Å². The van der Waals surface area contributed by atoms with E-state index in [1.54, 1.807) is 31.0 Å². The van der Waals surface area contributed by atoms with Crippen molar-refractivity contribution in [3.8, 4) is 5.88 Å². The standard InChI is InChI=1S/C18H20N6O2/c1-23-18(26-2)13-6-5-12(9-14(13)22-23)17(25)21-15-10-16(20-11-19-15)24-7-3-4-8-24/h5-6,9-11H,3-4,7-8H2,1-2H3,(H,19,20,21,25). The van der Waals surface area contributed by atoms with Crippen LogP contribution in [0.1, 0.15) is 23.2 Å². The average Bonchev–Trinajstić information content (AvgIpc) is 3.28. The highest BCUT2D eigenvalue weighted by Crippen LogP contribution is 2.26. The van der Waals surface area contributed by atoms with Crippen LogP contribution in [0.15, 0.2) is 30.6 Å². The van der Waals surface area contributed by atoms with E-state index in [2.05, 4.69) is 25.3 Å². The number of hydrogen-bond acceptors (Lipinski definition) is 6. The van der Waals surface area contributed by atoms with Crippen molar-refractivity contribution in [1.29, 1.82) is 0 Å². The van der Waals surface area contributed by atoms with Crippen molar-refractivity contribution in [2.75, 3.05) is 30.4 Å². The van der Waals surface area contributed by atoms with E-state index >= 15 is 0 Å². The maximum Gasteiger partial charge on any atom is 0.256 e. The van der Waals surface area contributed by atoms with Crippen LogP contribution in [0.4, 0.5) is 11.6 Å². The summed E-state index contributed by atoms with van der Waals surface area (Å²) in [7, 11) is 3.41. The van der Waals surface area contributed by atoms with E-state index in [0.717, 1.165) is 24.3 Å². The van der Waals surface area contributed by atoms with Crippen LogP contribution in [-0.4, -0.2) is 45.9 Å². The molecule has 1 saturated heterocycles. The van der Waals surface area contributed by atoms with Crippen molar-refractivity contribution in [3.63, 3.8) is 0 Å². The van der Waals surface area contributed by atoms with E-state index < -0.39 is 0 Å². The molecule has 0 unspecified atom stereocenters. The van der Waals surface area contributed by atoms with Crippen LogP contribution in [-0.2, 0) is 7.05 Å². The summed E-state index contributed by atoms with van der Waals surface area (Å²) in [6, 6.07) is 7.15. The van der Waals surface area contributed by atoms with E-state index in [9.17, 15) is 4.79 Å². The van der Waals surface area contributed by atoms with E-state index in [4.69, 9.17) is 4.74 Å². The third-order valence-electron chi connectivity index (χ3n) is 4.56. The van der Waals surface area contributed by atoms with Gasteiger partial charge in [0, 0.05) is 31.8 Å². The molecule has 0 atom stereocenters. The van der Waals surface area contributed by atoms with Gasteiger partial charge in [0.15, 0.2) is 0 Å². The van der Waals surface area contributed by atoms with Gasteiger partial charge < -0.3 is 15.0 Å². The lowest BCUT2D eigenvalue weighted by molar-refractivity contribution is 0.102. The third-order valence-corrected chi connectivity index (χ3v) is 4.56. The smallest absolute Gasteiger partial charge is 0.256 e. The average molecular weight is 352 g/mol. The molecule has 1 amide bonds. The summed E-state index contributed by atoms with van der Waals surface area (Å²) in [4.78, 5) is 23.3. The van der Waals surface area contributed by atoms with Gasteiger partial charge >= 0.3 is 0 Å². The monoisotopic (exact) mass is 352 g/mol. The Hall–Kier alpha value is -3.16. The number of nitrogens with zero attached hydrogens (tertiary/aromatic N) is 5. The fourth-order valence-corrected chi connectivity index (χ4v) is 3.28. The normalized spacial score (nSPS) is 14.0. The Kier molecular flexibility index (Phi) is 4.16. The molecule has 1 aliphatic rings. The maximum absolute atomic E-state index is 12.6. The summed E-state index contributed by atoms with van der Waals surface area (Å²) in [5.41, 5.74) is 1.22. The summed E-state index contributed by atoms with van der Waals surface area (Å²) in [5.74, 6) is 1.77. The van der Waals surface area contributed by atoms with Crippen molar-refractivity contribution in [1.82, 2.24) is 19.7 Å². The second-order valence-corrected chi connectivity index (χ2v) is 6.27. The zero-order valence-electron chi connectivity index (χ0n) is 14.8. The highest BCUT2D eigenvalue weighted by Gasteiger charge is 2.16. The van der Waals surface area contributed by atoms with Gasteiger partial charge in [-0.2, -0.15) is 5.10 Å². The number of aryl methyl sites for hydroxylation is 1. The van der Waals surface area contributed by atoms with Gasteiger partial charge in [0.25, 0.3) is 5.91 Å². The molecule has 134 valence electrons. The van der Waals surface area contributed by atoms with Crippen LogP contribution in [0.5, 0.6) is 5.88 Å². The molecule has 1 fully saturated rings. The third kappa shape index (κ3) is 2.94. The van der Waals surface area contributed by atoms with Gasteiger partial charge in [0.05, 0.1) is 18.0 Å². The fraction of sp³-hybridized carbons (Fsp3) is 0.333. The minimum atomic E-state index is -0.234. The van der Waals surface area contributed by atoms with Gasteiger partial charge in [-0.25, -0.2) is 14.6 Å². The van der Waals surface area contributed by atoms with Gasteiger partial charge in [0.1, 0.15) is 18.0 Å². The lowest BCUT2D eigenvalue weighted by Gasteiger charge is -2.16. The predicted octanol–water partition coefficient (Wildman–Crippen LogP) is 2.22. The molecule has 1 N–H and O–H groups in total. The Morgan fingerprint density at radius 3 is 2.77 bits per heavy atom. The minimum Gasteiger partial charge on any atom is -0.481 e.